The molecule has 0 radical (unpaired) electrons. The van der Waals surface area contributed by atoms with Crippen molar-refractivity contribution >= 4 is 11.9 Å². The molecule has 2 unspecified atom stereocenters. The molecule has 0 spiro atoms. The molecule has 0 heterocycles. The quantitative estimate of drug-likeness (QED) is 0.744. The molecular weight excluding hydrogens is 316 g/mol. The molecule has 3 N–H and O–H groups in total. The molecule has 138 valence electrons. The van der Waals surface area contributed by atoms with Crippen LogP contribution in [0.1, 0.15) is 57.1 Å². The smallest absolute Gasteiger partial charge is 0.310 e. The van der Waals surface area contributed by atoms with Gasteiger partial charge in [0.1, 0.15) is 0 Å². The number of carbonyl (C=O) groups is 2. The third-order valence-corrected chi connectivity index (χ3v) is 5.43. The van der Waals surface area contributed by atoms with Crippen molar-refractivity contribution in [1.29, 1.82) is 0 Å². The van der Waals surface area contributed by atoms with Gasteiger partial charge in [-0.15, -0.1) is 0 Å². The van der Waals surface area contributed by atoms with Crippen molar-refractivity contribution in [1.82, 2.24) is 5.32 Å². The van der Waals surface area contributed by atoms with Crippen molar-refractivity contribution in [3.05, 3.63) is 35.9 Å². The van der Waals surface area contributed by atoms with E-state index in [4.69, 9.17) is 10.5 Å². The van der Waals surface area contributed by atoms with Gasteiger partial charge >= 0.3 is 5.97 Å². The third kappa shape index (κ3) is 5.05. The van der Waals surface area contributed by atoms with Crippen molar-refractivity contribution in [2.24, 2.45) is 17.1 Å². The molecule has 1 aromatic carbocycles. The minimum absolute atomic E-state index is 0.0445. The molecule has 5 nitrogen and oxygen atoms in total. The first-order valence-electron chi connectivity index (χ1n) is 9.13. The first-order valence-corrected chi connectivity index (χ1v) is 9.13. The van der Waals surface area contributed by atoms with Crippen molar-refractivity contribution in [2.75, 3.05) is 13.7 Å². The Bertz CT molecular complexity index is 568. The lowest BCUT2D eigenvalue weighted by atomic mass is 9.71. The minimum Gasteiger partial charge on any atom is -0.469 e. The Balaban J connectivity index is 2.12. The van der Waals surface area contributed by atoms with Crippen molar-refractivity contribution < 1.29 is 14.3 Å². The van der Waals surface area contributed by atoms with E-state index in [1.54, 1.807) is 6.92 Å². The second-order valence-electron chi connectivity index (χ2n) is 7.21. The summed E-state index contributed by atoms with van der Waals surface area (Å²) in [5.74, 6) is -0.839. The van der Waals surface area contributed by atoms with Gasteiger partial charge in [0.25, 0.3) is 0 Å². The van der Waals surface area contributed by atoms with E-state index in [1.807, 2.05) is 30.3 Å². The number of carbonyl (C=O) groups excluding carboxylic acids is 2. The fraction of sp³-hybridized carbons (Fsp3) is 0.600. The predicted molar refractivity (Wildman–Crippen MR) is 97.7 cm³/mol. The first-order chi connectivity index (χ1) is 12.0. The highest BCUT2D eigenvalue weighted by molar-refractivity contribution is 5.79. The molecule has 1 saturated carbocycles. The Morgan fingerprint density at radius 2 is 1.84 bits per heavy atom. The van der Waals surface area contributed by atoms with E-state index in [2.05, 4.69) is 5.32 Å². The molecular formula is C20H30N2O3. The Labute approximate surface area is 150 Å². The van der Waals surface area contributed by atoms with Crippen LogP contribution in [0.25, 0.3) is 0 Å². The van der Waals surface area contributed by atoms with Gasteiger partial charge in [-0.3, -0.25) is 9.59 Å². The molecule has 5 heteroatoms. The number of nitrogens with one attached hydrogen (secondary N) is 1. The van der Waals surface area contributed by atoms with Crippen LogP contribution in [-0.4, -0.2) is 25.5 Å². The zero-order valence-corrected chi connectivity index (χ0v) is 15.3. The largest absolute Gasteiger partial charge is 0.469 e. The maximum Gasteiger partial charge on any atom is 0.310 e. The van der Waals surface area contributed by atoms with Crippen LogP contribution in [-0.2, 0) is 14.3 Å². The van der Waals surface area contributed by atoms with E-state index in [1.165, 1.54) is 13.5 Å². The summed E-state index contributed by atoms with van der Waals surface area (Å²) in [5, 5.41) is 3.06. The molecule has 2 rings (SSSR count). The molecule has 1 aromatic rings. The molecule has 2 atom stereocenters. The lowest BCUT2D eigenvalue weighted by Gasteiger charge is -2.36. The van der Waals surface area contributed by atoms with Crippen LogP contribution in [0, 0.1) is 11.3 Å². The fourth-order valence-electron chi connectivity index (χ4n) is 3.80. The van der Waals surface area contributed by atoms with E-state index >= 15 is 0 Å². The average Bonchev–Trinajstić information content (AvgIpc) is 2.66. The number of rotatable bonds is 7. The number of esters is 1. The van der Waals surface area contributed by atoms with Gasteiger partial charge in [-0.25, -0.2) is 0 Å². The number of amides is 1. The fourth-order valence-corrected chi connectivity index (χ4v) is 3.80. The molecule has 25 heavy (non-hydrogen) atoms. The van der Waals surface area contributed by atoms with Crippen LogP contribution in [0.5, 0.6) is 0 Å². The third-order valence-electron chi connectivity index (χ3n) is 5.43. The summed E-state index contributed by atoms with van der Waals surface area (Å²) in [6.45, 7) is 2.31. The second kappa shape index (κ2) is 8.99. The molecule has 0 aromatic heterocycles. The number of nitrogens with two attached hydrogens (primary N) is 1. The number of benzene rings is 1. The first kappa shape index (κ1) is 19.4. The summed E-state index contributed by atoms with van der Waals surface area (Å²) in [6, 6.07) is 9.16. The molecule has 1 amide bonds. The molecule has 0 aliphatic heterocycles. The lowest BCUT2D eigenvalue weighted by Crippen LogP contribution is -2.41. The topological polar surface area (TPSA) is 81.4 Å². The van der Waals surface area contributed by atoms with Crippen molar-refractivity contribution in [3.8, 4) is 0 Å². The van der Waals surface area contributed by atoms with Crippen LogP contribution < -0.4 is 11.1 Å². The van der Waals surface area contributed by atoms with Gasteiger partial charge in [-0.1, -0.05) is 49.6 Å². The van der Waals surface area contributed by atoms with Gasteiger partial charge in [0, 0.05) is 6.42 Å². The maximum absolute atomic E-state index is 12.8. The van der Waals surface area contributed by atoms with Gasteiger partial charge in [-0.2, -0.15) is 0 Å². The zero-order valence-electron chi connectivity index (χ0n) is 15.3. The Hall–Kier alpha value is -1.88. The summed E-state index contributed by atoms with van der Waals surface area (Å²) >= 11 is 0. The van der Waals surface area contributed by atoms with Crippen molar-refractivity contribution in [3.63, 3.8) is 0 Å². The van der Waals surface area contributed by atoms with E-state index in [-0.39, 0.29) is 17.3 Å². The van der Waals surface area contributed by atoms with E-state index in [0.717, 1.165) is 31.2 Å². The van der Waals surface area contributed by atoms with Gasteiger partial charge in [-0.05, 0) is 37.3 Å². The highest BCUT2D eigenvalue weighted by atomic mass is 16.5. The van der Waals surface area contributed by atoms with Crippen LogP contribution in [0.2, 0.25) is 0 Å². The minimum atomic E-state index is -0.462. The number of hydrogen-bond acceptors (Lipinski definition) is 4. The summed E-state index contributed by atoms with van der Waals surface area (Å²) in [5.41, 5.74) is 6.81. The Kier molecular flexibility index (Phi) is 7.00. The van der Waals surface area contributed by atoms with Gasteiger partial charge < -0.3 is 15.8 Å². The molecule has 0 bridgehead atoms. The van der Waals surface area contributed by atoms with Crippen LogP contribution in [0.4, 0.5) is 0 Å². The summed E-state index contributed by atoms with van der Waals surface area (Å²) in [7, 11) is 1.37. The van der Waals surface area contributed by atoms with Gasteiger partial charge in [0.15, 0.2) is 0 Å². The van der Waals surface area contributed by atoms with Crippen LogP contribution >= 0.6 is 0 Å². The summed E-state index contributed by atoms with van der Waals surface area (Å²) in [6.07, 6.45) is 5.89. The maximum atomic E-state index is 12.8. The highest BCUT2D eigenvalue weighted by Crippen LogP contribution is 2.38. The van der Waals surface area contributed by atoms with Crippen LogP contribution in [0.3, 0.4) is 0 Å². The normalized spacial score (nSPS) is 18.8. The molecule has 1 aliphatic carbocycles. The van der Waals surface area contributed by atoms with E-state index in [0.29, 0.717) is 13.0 Å². The highest BCUT2D eigenvalue weighted by Gasteiger charge is 2.35. The Morgan fingerprint density at radius 1 is 1.20 bits per heavy atom. The molecule has 0 saturated heterocycles. The lowest BCUT2D eigenvalue weighted by molar-refractivity contribution is -0.146. The van der Waals surface area contributed by atoms with E-state index in [9.17, 15) is 9.59 Å². The van der Waals surface area contributed by atoms with Crippen LogP contribution in [0.15, 0.2) is 30.3 Å². The SMILES string of the molecule is COC(=O)C(C)C(NC(=O)CC1(CN)CCCCC1)c1ccccc1. The standard InChI is InChI=1S/C20H30N2O3/c1-15(19(24)25-2)18(16-9-5-3-6-10-16)22-17(23)13-20(14-21)11-7-4-8-12-20/h3,5-6,9-10,15,18H,4,7-8,11-14,21H2,1-2H3,(H,22,23). The van der Waals surface area contributed by atoms with Gasteiger partial charge in [0.05, 0.1) is 19.1 Å². The molecule has 1 fully saturated rings. The summed E-state index contributed by atoms with van der Waals surface area (Å²) in [4.78, 5) is 24.8. The van der Waals surface area contributed by atoms with E-state index < -0.39 is 12.0 Å². The van der Waals surface area contributed by atoms with Gasteiger partial charge in [0.2, 0.25) is 5.91 Å². The Morgan fingerprint density at radius 3 is 2.40 bits per heavy atom. The van der Waals surface area contributed by atoms with Crippen molar-refractivity contribution in [2.45, 2.75) is 51.5 Å². The monoisotopic (exact) mass is 346 g/mol. The predicted octanol–water partition coefficient (Wildman–Crippen LogP) is 2.95. The average molecular weight is 346 g/mol. The number of methoxy groups -OCH3 is 1. The number of ether oxygens (including phenoxy) is 1. The molecule has 1 aliphatic rings. The second-order valence-corrected chi connectivity index (χ2v) is 7.21. The zero-order chi connectivity index (χ0) is 18.3. The summed E-state index contributed by atoms with van der Waals surface area (Å²) < 4.78 is 4.88. The number of hydrogen-bond donors (Lipinski definition) is 2.